The third-order valence-corrected chi connectivity index (χ3v) is 4.84. The number of amides is 1. The summed E-state index contributed by atoms with van der Waals surface area (Å²) in [6.45, 7) is 3.91. The Labute approximate surface area is 153 Å². The molecular weight excluding hydrogens is 338 g/mol. The van der Waals surface area contributed by atoms with E-state index in [1.807, 2.05) is 19.2 Å². The number of aryl methyl sites for hydroxylation is 1. The van der Waals surface area contributed by atoms with Crippen LogP contribution in [0, 0.1) is 6.92 Å². The van der Waals surface area contributed by atoms with Crippen molar-refractivity contribution in [1.82, 2.24) is 4.98 Å². The number of hydrogen-bond acceptors (Lipinski definition) is 4. The highest BCUT2D eigenvalue weighted by molar-refractivity contribution is 6.31. The first-order valence-electron chi connectivity index (χ1n) is 8.44. The van der Waals surface area contributed by atoms with Gasteiger partial charge in [-0.05, 0) is 43.9 Å². The maximum Gasteiger partial charge on any atom is 0.257 e. The fourth-order valence-corrected chi connectivity index (χ4v) is 3.15. The van der Waals surface area contributed by atoms with Crippen LogP contribution in [-0.2, 0) is 0 Å². The highest BCUT2D eigenvalue weighted by Gasteiger charge is 2.15. The molecule has 2 aromatic rings. The number of anilines is 2. The van der Waals surface area contributed by atoms with Gasteiger partial charge in [0.15, 0.2) is 0 Å². The van der Waals surface area contributed by atoms with E-state index in [9.17, 15) is 4.79 Å². The molecule has 132 valence electrons. The monoisotopic (exact) mass is 359 g/mol. The van der Waals surface area contributed by atoms with Crippen molar-refractivity contribution in [3.8, 4) is 5.75 Å². The first kappa shape index (κ1) is 17.5. The van der Waals surface area contributed by atoms with Crippen LogP contribution in [0.1, 0.15) is 35.2 Å². The SMILES string of the molecule is COc1cc(Cl)c(C)cc1NC(=O)c1cncc(N2CCCCC2)c1. The summed E-state index contributed by atoms with van der Waals surface area (Å²) in [6, 6.07) is 5.40. The number of nitrogens with one attached hydrogen (secondary N) is 1. The summed E-state index contributed by atoms with van der Waals surface area (Å²) in [6.07, 6.45) is 7.02. The quantitative estimate of drug-likeness (QED) is 0.884. The number of nitrogens with zero attached hydrogens (tertiary/aromatic N) is 2. The molecule has 1 aliphatic heterocycles. The van der Waals surface area contributed by atoms with E-state index in [1.54, 1.807) is 25.4 Å². The summed E-state index contributed by atoms with van der Waals surface area (Å²) in [4.78, 5) is 19.2. The number of pyridine rings is 1. The highest BCUT2D eigenvalue weighted by Crippen LogP contribution is 2.31. The molecule has 1 saturated heterocycles. The summed E-state index contributed by atoms with van der Waals surface area (Å²) in [7, 11) is 1.55. The van der Waals surface area contributed by atoms with Gasteiger partial charge in [-0.2, -0.15) is 0 Å². The molecule has 2 heterocycles. The lowest BCUT2D eigenvalue weighted by molar-refractivity contribution is 0.102. The summed E-state index contributed by atoms with van der Waals surface area (Å²) in [5.74, 6) is 0.315. The fourth-order valence-electron chi connectivity index (χ4n) is 3.00. The van der Waals surface area contributed by atoms with Gasteiger partial charge in [-0.25, -0.2) is 0 Å². The number of ether oxygens (including phenoxy) is 1. The van der Waals surface area contributed by atoms with Crippen molar-refractivity contribution in [2.75, 3.05) is 30.4 Å². The molecule has 1 fully saturated rings. The van der Waals surface area contributed by atoms with Crippen LogP contribution in [0.4, 0.5) is 11.4 Å². The number of aromatic nitrogens is 1. The van der Waals surface area contributed by atoms with Gasteiger partial charge >= 0.3 is 0 Å². The van der Waals surface area contributed by atoms with Crippen molar-refractivity contribution >= 4 is 28.9 Å². The van der Waals surface area contributed by atoms with E-state index in [-0.39, 0.29) is 5.91 Å². The van der Waals surface area contributed by atoms with Crippen LogP contribution in [0.25, 0.3) is 0 Å². The Morgan fingerprint density at radius 3 is 2.68 bits per heavy atom. The summed E-state index contributed by atoms with van der Waals surface area (Å²) < 4.78 is 5.31. The van der Waals surface area contributed by atoms with E-state index in [2.05, 4.69) is 15.2 Å². The van der Waals surface area contributed by atoms with Crippen LogP contribution in [0.15, 0.2) is 30.6 Å². The van der Waals surface area contributed by atoms with Crippen LogP contribution in [0.3, 0.4) is 0 Å². The summed E-state index contributed by atoms with van der Waals surface area (Å²) >= 11 is 6.12. The van der Waals surface area contributed by atoms with Gasteiger partial charge in [0.1, 0.15) is 5.75 Å². The Bertz CT molecular complexity index is 773. The zero-order valence-corrected chi connectivity index (χ0v) is 15.3. The predicted octanol–water partition coefficient (Wildman–Crippen LogP) is 4.29. The van der Waals surface area contributed by atoms with Crippen LogP contribution < -0.4 is 15.0 Å². The van der Waals surface area contributed by atoms with Crippen molar-refractivity contribution in [1.29, 1.82) is 0 Å². The van der Waals surface area contributed by atoms with E-state index in [1.165, 1.54) is 19.3 Å². The van der Waals surface area contributed by atoms with Crippen LogP contribution in [-0.4, -0.2) is 31.1 Å². The molecule has 0 aliphatic carbocycles. The van der Waals surface area contributed by atoms with Gasteiger partial charge in [-0.1, -0.05) is 11.6 Å². The molecule has 1 amide bonds. The molecule has 0 radical (unpaired) electrons. The molecular formula is C19H22ClN3O2. The number of benzene rings is 1. The molecule has 1 aromatic carbocycles. The third kappa shape index (κ3) is 4.04. The Morgan fingerprint density at radius 1 is 1.20 bits per heavy atom. The smallest absolute Gasteiger partial charge is 0.257 e. The second-order valence-electron chi connectivity index (χ2n) is 6.24. The lowest BCUT2D eigenvalue weighted by atomic mass is 10.1. The third-order valence-electron chi connectivity index (χ3n) is 4.44. The standard InChI is InChI=1S/C19H22ClN3O2/c1-13-8-17(18(25-2)10-16(13)20)22-19(24)14-9-15(12-21-11-14)23-6-4-3-5-7-23/h8-12H,3-7H2,1-2H3,(H,22,24). The zero-order valence-electron chi connectivity index (χ0n) is 14.5. The van der Waals surface area contributed by atoms with Gasteiger partial charge in [0, 0.05) is 30.4 Å². The van der Waals surface area contributed by atoms with Gasteiger partial charge < -0.3 is 15.0 Å². The fraction of sp³-hybridized carbons (Fsp3) is 0.368. The first-order valence-corrected chi connectivity index (χ1v) is 8.82. The van der Waals surface area contributed by atoms with E-state index in [0.717, 1.165) is 24.3 Å². The lowest BCUT2D eigenvalue weighted by Gasteiger charge is -2.28. The minimum Gasteiger partial charge on any atom is -0.495 e. The number of methoxy groups -OCH3 is 1. The van der Waals surface area contributed by atoms with Gasteiger partial charge in [-0.3, -0.25) is 9.78 Å². The molecule has 0 bridgehead atoms. The van der Waals surface area contributed by atoms with Gasteiger partial charge in [-0.15, -0.1) is 0 Å². The molecule has 0 unspecified atom stereocenters. The zero-order chi connectivity index (χ0) is 17.8. The topological polar surface area (TPSA) is 54.5 Å². The maximum absolute atomic E-state index is 12.7. The second kappa shape index (κ2) is 7.74. The Balaban J connectivity index is 1.81. The number of hydrogen-bond donors (Lipinski definition) is 1. The highest BCUT2D eigenvalue weighted by atomic mass is 35.5. The first-order chi connectivity index (χ1) is 12.1. The van der Waals surface area contributed by atoms with Crippen molar-refractivity contribution in [2.24, 2.45) is 0 Å². The van der Waals surface area contributed by atoms with Crippen LogP contribution >= 0.6 is 11.6 Å². The molecule has 0 atom stereocenters. The van der Waals surface area contributed by atoms with Gasteiger partial charge in [0.25, 0.3) is 5.91 Å². The lowest BCUT2D eigenvalue weighted by Crippen LogP contribution is -2.29. The molecule has 6 heteroatoms. The number of carbonyl (C=O) groups excluding carboxylic acids is 1. The largest absolute Gasteiger partial charge is 0.495 e. The van der Waals surface area contributed by atoms with E-state index < -0.39 is 0 Å². The minimum absolute atomic E-state index is 0.216. The number of piperidine rings is 1. The molecule has 1 N–H and O–H groups in total. The normalized spacial score (nSPS) is 14.3. The summed E-state index contributed by atoms with van der Waals surface area (Å²) in [5, 5.41) is 3.50. The van der Waals surface area contributed by atoms with E-state index >= 15 is 0 Å². The Kier molecular flexibility index (Phi) is 5.43. The van der Waals surface area contributed by atoms with Crippen molar-refractivity contribution in [2.45, 2.75) is 26.2 Å². The molecule has 3 rings (SSSR count). The number of carbonyl (C=O) groups is 1. The van der Waals surface area contributed by atoms with Crippen molar-refractivity contribution in [3.63, 3.8) is 0 Å². The van der Waals surface area contributed by atoms with Crippen molar-refractivity contribution < 1.29 is 9.53 Å². The second-order valence-corrected chi connectivity index (χ2v) is 6.64. The number of rotatable bonds is 4. The molecule has 25 heavy (non-hydrogen) atoms. The molecule has 5 nitrogen and oxygen atoms in total. The Morgan fingerprint density at radius 2 is 1.96 bits per heavy atom. The predicted molar refractivity (Wildman–Crippen MR) is 101 cm³/mol. The van der Waals surface area contributed by atoms with Crippen LogP contribution in [0.5, 0.6) is 5.75 Å². The molecule has 1 aromatic heterocycles. The molecule has 0 saturated carbocycles. The summed E-state index contributed by atoms with van der Waals surface area (Å²) in [5.41, 5.74) is 2.99. The minimum atomic E-state index is -0.216. The van der Waals surface area contributed by atoms with E-state index in [4.69, 9.17) is 16.3 Å². The van der Waals surface area contributed by atoms with Gasteiger partial charge in [0.2, 0.25) is 0 Å². The maximum atomic E-state index is 12.7. The van der Waals surface area contributed by atoms with Gasteiger partial charge in [0.05, 0.1) is 30.2 Å². The molecule has 1 aliphatic rings. The molecule has 0 spiro atoms. The van der Waals surface area contributed by atoms with E-state index in [0.29, 0.717) is 22.0 Å². The average Bonchev–Trinajstić information content (AvgIpc) is 2.65. The Hall–Kier alpha value is -2.27. The van der Waals surface area contributed by atoms with Crippen molar-refractivity contribution in [3.05, 3.63) is 46.7 Å². The van der Waals surface area contributed by atoms with Crippen LogP contribution in [0.2, 0.25) is 5.02 Å². The average molecular weight is 360 g/mol. The number of halogens is 1.